The third kappa shape index (κ3) is 4.14. The average Bonchev–Trinajstić information content (AvgIpc) is 2.39. The summed E-state index contributed by atoms with van der Waals surface area (Å²) in [5.74, 6) is 0. The van der Waals surface area contributed by atoms with Crippen LogP contribution in [0.1, 0.15) is 19.3 Å². The summed E-state index contributed by atoms with van der Waals surface area (Å²) < 4.78 is 28.4. The van der Waals surface area contributed by atoms with Gasteiger partial charge in [-0.05, 0) is 19.9 Å². The van der Waals surface area contributed by atoms with Crippen molar-refractivity contribution in [3.8, 4) is 0 Å². The Morgan fingerprint density at radius 3 is 2.47 bits per heavy atom. The van der Waals surface area contributed by atoms with E-state index in [0.717, 1.165) is 19.3 Å². The van der Waals surface area contributed by atoms with Gasteiger partial charge in [-0.25, -0.2) is 0 Å². The lowest BCUT2D eigenvalue weighted by molar-refractivity contribution is 0.233. The van der Waals surface area contributed by atoms with E-state index < -0.39 is 10.2 Å². The molecule has 19 heavy (non-hydrogen) atoms. The third-order valence-electron chi connectivity index (χ3n) is 3.30. The van der Waals surface area contributed by atoms with Gasteiger partial charge in [0, 0.05) is 32.2 Å². The summed E-state index contributed by atoms with van der Waals surface area (Å²) in [5.41, 5.74) is 0. The fraction of sp³-hybridized carbons (Fsp3) is 0.692. The molecule has 0 radical (unpaired) electrons. The van der Waals surface area contributed by atoms with Crippen LogP contribution in [0.25, 0.3) is 0 Å². The summed E-state index contributed by atoms with van der Waals surface area (Å²) in [5, 5.41) is 3.08. The first-order valence-electron chi connectivity index (χ1n) is 6.71. The molecule has 1 N–H and O–H groups in total. The molecule has 0 bridgehead atoms. The Morgan fingerprint density at radius 1 is 1.32 bits per heavy atom. The molecule has 1 fully saturated rings. The van der Waals surface area contributed by atoms with Crippen molar-refractivity contribution in [2.24, 2.45) is 0 Å². The van der Waals surface area contributed by atoms with Gasteiger partial charge < -0.3 is 5.32 Å². The van der Waals surface area contributed by atoms with Crippen LogP contribution >= 0.6 is 0 Å². The monoisotopic (exact) mass is 287 g/mol. The molecule has 1 heterocycles. The summed E-state index contributed by atoms with van der Waals surface area (Å²) in [6, 6.07) is 0.0425. The summed E-state index contributed by atoms with van der Waals surface area (Å²) in [6.45, 7) is 9.17. The Labute approximate surface area is 117 Å². The number of nitrogens with zero attached hydrogens (tertiary/aromatic N) is 2. The second-order valence-electron chi connectivity index (χ2n) is 4.72. The van der Waals surface area contributed by atoms with Gasteiger partial charge >= 0.3 is 0 Å². The predicted octanol–water partition coefficient (Wildman–Crippen LogP) is 0.979. The van der Waals surface area contributed by atoms with Gasteiger partial charge in [0.1, 0.15) is 0 Å². The minimum Gasteiger partial charge on any atom is -0.318 e. The van der Waals surface area contributed by atoms with E-state index in [4.69, 9.17) is 0 Å². The molecule has 1 unspecified atom stereocenters. The molecule has 0 aromatic rings. The second kappa shape index (κ2) is 7.79. The van der Waals surface area contributed by atoms with Crippen molar-refractivity contribution in [3.63, 3.8) is 0 Å². The molecule has 1 saturated heterocycles. The fourth-order valence-electron chi connectivity index (χ4n) is 2.42. The lowest BCUT2D eigenvalue weighted by Crippen LogP contribution is -2.53. The summed E-state index contributed by atoms with van der Waals surface area (Å²) in [6.07, 6.45) is 6.14. The van der Waals surface area contributed by atoms with Crippen LogP contribution in [0, 0.1) is 0 Å². The van der Waals surface area contributed by atoms with Crippen molar-refractivity contribution in [1.29, 1.82) is 0 Å². The smallest absolute Gasteiger partial charge is 0.282 e. The van der Waals surface area contributed by atoms with Crippen LogP contribution < -0.4 is 5.32 Å². The number of rotatable bonds is 8. The largest absolute Gasteiger partial charge is 0.318 e. The first-order chi connectivity index (χ1) is 9.07. The zero-order chi connectivity index (χ0) is 14.3. The molecular formula is C13H25N3O2S. The minimum absolute atomic E-state index is 0.0425. The van der Waals surface area contributed by atoms with Crippen LogP contribution in [-0.2, 0) is 10.2 Å². The van der Waals surface area contributed by atoms with E-state index in [1.54, 1.807) is 16.5 Å². The van der Waals surface area contributed by atoms with E-state index in [9.17, 15) is 8.42 Å². The molecule has 0 aromatic heterocycles. The molecule has 0 aromatic carbocycles. The quantitative estimate of drug-likeness (QED) is 0.677. The van der Waals surface area contributed by atoms with E-state index in [0.29, 0.717) is 26.2 Å². The van der Waals surface area contributed by atoms with Gasteiger partial charge in [-0.15, -0.1) is 13.2 Å². The van der Waals surface area contributed by atoms with Gasteiger partial charge in [0.05, 0.1) is 0 Å². The molecule has 0 spiro atoms. The minimum atomic E-state index is -3.44. The summed E-state index contributed by atoms with van der Waals surface area (Å²) in [4.78, 5) is 0. The van der Waals surface area contributed by atoms with Gasteiger partial charge in [0.15, 0.2) is 0 Å². The molecule has 1 rings (SSSR count). The third-order valence-corrected chi connectivity index (χ3v) is 5.33. The van der Waals surface area contributed by atoms with Crippen LogP contribution in [0.2, 0.25) is 0 Å². The Kier molecular flexibility index (Phi) is 6.71. The topological polar surface area (TPSA) is 52.7 Å². The van der Waals surface area contributed by atoms with E-state index in [2.05, 4.69) is 18.5 Å². The Morgan fingerprint density at radius 2 is 1.95 bits per heavy atom. The van der Waals surface area contributed by atoms with Crippen molar-refractivity contribution in [2.75, 3.05) is 33.2 Å². The standard InChI is InChI=1S/C13H25N3O2S/c1-4-9-15(10-5-2)19(17,18)16-11-7-6-8-13(16)12-14-3/h4-5,13-14H,1-2,6-12H2,3H3. The maximum Gasteiger partial charge on any atom is 0.282 e. The van der Waals surface area contributed by atoms with Crippen LogP contribution in [0.4, 0.5) is 0 Å². The van der Waals surface area contributed by atoms with E-state index in [-0.39, 0.29) is 6.04 Å². The lowest BCUT2D eigenvalue weighted by Gasteiger charge is -2.37. The van der Waals surface area contributed by atoms with Crippen molar-refractivity contribution in [3.05, 3.63) is 25.3 Å². The Balaban J connectivity index is 2.92. The highest BCUT2D eigenvalue weighted by atomic mass is 32.2. The highest BCUT2D eigenvalue weighted by Gasteiger charge is 2.35. The fourth-order valence-corrected chi connectivity index (χ4v) is 4.22. The van der Waals surface area contributed by atoms with E-state index in [1.165, 1.54) is 4.31 Å². The molecule has 0 saturated carbocycles. The molecule has 1 aliphatic rings. The molecule has 5 nitrogen and oxygen atoms in total. The molecule has 0 aliphatic carbocycles. The molecule has 0 amide bonds. The van der Waals surface area contributed by atoms with Crippen molar-refractivity contribution < 1.29 is 8.42 Å². The van der Waals surface area contributed by atoms with Crippen molar-refractivity contribution in [1.82, 2.24) is 13.9 Å². The van der Waals surface area contributed by atoms with Gasteiger partial charge in [0.2, 0.25) is 0 Å². The number of hydrogen-bond acceptors (Lipinski definition) is 3. The SMILES string of the molecule is C=CCN(CC=C)S(=O)(=O)N1CCCCC1CNC. The number of likely N-dealkylation sites (N-methyl/N-ethyl adjacent to an activating group) is 1. The molecule has 110 valence electrons. The van der Waals surface area contributed by atoms with E-state index in [1.807, 2.05) is 7.05 Å². The van der Waals surface area contributed by atoms with Crippen LogP contribution in [0.3, 0.4) is 0 Å². The summed E-state index contributed by atoms with van der Waals surface area (Å²) in [7, 11) is -1.58. The van der Waals surface area contributed by atoms with Crippen LogP contribution in [0.15, 0.2) is 25.3 Å². The van der Waals surface area contributed by atoms with Gasteiger partial charge in [0.25, 0.3) is 10.2 Å². The first kappa shape index (κ1) is 16.4. The molecule has 1 atom stereocenters. The van der Waals surface area contributed by atoms with Gasteiger partial charge in [-0.3, -0.25) is 0 Å². The lowest BCUT2D eigenvalue weighted by atomic mass is 10.1. The number of piperidine rings is 1. The summed E-state index contributed by atoms with van der Waals surface area (Å²) >= 11 is 0. The number of hydrogen-bond donors (Lipinski definition) is 1. The zero-order valence-electron chi connectivity index (χ0n) is 11.7. The molecule has 1 aliphatic heterocycles. The van der Waals surface area contributed by atoms with Crippen LogP contribution in [-0.4, -0.2) is 56.3 Å². The van der Waals surface area contributed by atoms with Crippen molar-refractivity contribution in [2.45, 2.75) is 25.3 Å². The average molecular weight is 287 g/mol. The Bertz CT molecular complexity index is 383. The highest BCUT2D eigenvalue weighted by Crippen LogP contribution is 2.22. The second-order valence-corrected chi connectivity index (χ2v) is 6.60. The molecular weight excluding hydrogens is 262 g/mol. The maximum atomic E-state index is 12.7. The highest BCUT2D eigenvalue weighted by molar-refractivity contribution is 7.86. The normalized spacial score (nSPS) is 21.5. The van der Waals surface area contributed by atoms with Crippen molar-refractivity contribution >= 4 is 10.2 Å². The van der Waals surface area contributed by atoms with Gasteiger partial charge in [-0.1, -0.05) is 18.6 Å². The first-order valence-corrected chi connectivity index (χ1v) is 8.11. The van der Waals surface area contributed by atoms with Gasteiger partial charge in [-0.2, -0.15) is 17.0 Å². The van der Waals surface area contributed by atoms with Crippen LogP contribution in [0.5, 0.6) is 0 Å². The number of nitrogens with one attached hydrogen (secondary N) is 1. The zero-order valence-corrected chi connectivity index (χ0v) is 12.5. The Hall–Kier alpha value is -0.690. The molecule has 6 heteroatoms. The van der Waals surface area contributed by atoms with E-state index >= 15 is 0 Å². The predicted molar refractivity (Wildman–Crippen MR) is 79.2 cm³/mol. The maximum absolute atomic E-state index is 12.7.